The summed E-state index contributed by atoms with van der Waals surface area (Å²) in [7, 11) is -16.3. The van der Waals surface area contributed by atoms with Crippen molar-refractivity contribution in [2.45, 2.75) is 92.8 Å². The molecular weight excluding hydrogens is 993 g/mol. The van der Waals surface area contributed by atoms with Gasteiger partial charge >= 0.3 is 0 Å². The van der Waals surface area contributed by atoms with Crippen molar-refractivity contribution >= 4 is 63.3 Å². The first-order chi connectivity index (χ1) is 32.8. The number of ketones is 1. The smallest absolute Gasteiger partial charge is 0.294 e. The van der Waals surface area contributed by atoms with Gasteiger partial charge in [-0.05, 0) is 101 Å². The highest BCUT2D eigenvalue weighted by Gasteiger charge is 2.48. The Labute approximate surface area is 412 Å². The summed E-state index contributed by atoms with van der Waals surface area (Å²) in [5.41, 5.74) is 1.69. The van der Waals surface area contributed by atoms with Gasteiger partial charge in [0, 0.05) is 61.0 Å². The van der Waals surface area contributed by atoms with Crippen LogP contribution in [0.25, 0.3) is 0 Å². The molecule has 2 unspecified atom stereocenters. The lowest BCUT2D eigenvalue weighted by Crippen LogP contribution is -2.32. The van der Waals surface area contributed by atoms with Gasteiger partial charge in [0.1, 0.15) is 12.3 Å². The van der Waals surface area contributed by atoms with E-state index < -0.39 is 62.8 Å². The van der Waals surface area contributed by atoms with Crippen LogP contribution < -0.4 is 4.90 Å². The van der Waals surface area contributed by atoms with E-state index in [9.17, 15) is 56.7 Å². The number of carbonyl (C=O) groups excluding carboxylic acids is 1. The average Bonchev–Trinajstić information content (AvgIpc) is 3.62. The summed E-state index contributed by atoms with van der Waals surface area (Å²) in [4.78, 5) is 12.8. The fourth-order valence-corrected chi connectivity index (χ4v) is 10.8. The van der Waals surface area contributed by atoms with Crippen molar-refractivity contribution in [3.8, 4) is 0 Å². The highest BCUT2D eigenvalue weighted by atomic mass is 32.2. The van der Waals surface area contributed by atoms with Crippen LogP contribution in [0.2, 0.25) is 0 Å². The summed E-state index contributed by atoms with van der Waals surface area (Å²) in [6, 6.07) is 8.47. The van der Waals surface area contributed by atoms with E-state index in [-0.39, 0.29) is 61.0 Å². The van der Waals surface area contributed by atoms with Crippen molar-refractivity contribution in [2.24, 2.45) is 0 Å². The largest absolute Gasteiger partial charge is 0.382 e. The standard InChI is InChI=1S/C47H66N2O17S4/c1-37(50)15-9-8-12-24-48-42-20-18-38(69(57,58)59)35-40(42)46(2,22-13-33-67(51,52)53)44(48)16-10-6-5-7-11-17-45-47(3,23-14-34-68(54,55)56)41-36-39(70(60,61)62)19-21-43(41)49(45)25-26-64-29-30-66-32-31-65-28-27-63-4/h5-7,10-11,16-21,35-36H,8-9,12-15,22-34H2,1-4H3,(H3-,51,52,53,54,55,56,57,58,59,60,61,62)/p+1. The molecule has 0 fully saturated rings. The second kappa shape index (κ2) is 26.1. The lowest BCUT2D eigenvalue weighted by atomic mass is 9.76. The third kappa shape index (κ3) is 17.4. The number of hydrogen-bond acceptors (Lipinski definition) is 14. The van der Waals surface area contributed by atoms with E-state index in [4.69, 9.17) is 18.9 Å². The first kappa shape index (κ1) is 58.6. The summed E-state index contributed by atoms with van der Waals surface area (Å²) in [6.45, 7) is 8.41. The quantitative estimate of drug-likeness (QED) is 0.0281. The monoisotopic (exact) mass is 1060 g/mol. The van der Waals surface area contributed by atoms with Gasteiger partial charge in [-0.2, -0.15) is 38.2 Å². The molecule has 0 amide bonds. The van der Waals surface area contributed by atoms with Gasteiger partial charge in [0.15, 0.2) is 5.71 Å². The van der Waals surface area contributed by atoms with E-state index in [1.807, 2.05) is 29.4 Å². The van der Waals surface area contributed by atoms with Crippen LogP contribution in [0.15, 0.2) is 94.4 Å². The number of nitrogens with zero attached hydrogens (tertiary/aromatic N) is 2. The number of fused-ring (bicyclic) bond motifs is 2. The molecule has 2 atom stereocenters. The zero-order valence-electron chi connectivity index (χ0n) is 40.1. The summed E-state index contributed by atoms with van der Waals surface area (Å²) in [5.74, 6) is -1.000. The maximum absolute atomic E-state index is 12.3. The Morgan fingerprint density at radius 1 is 0.643 bits per heavy atom. The number of unbranched alkanes of at least 4 members (excludes halogenated alkanes) is 2. The number of benzene rings is 2. The van der Waals surface area contributed by atoms with E-state index >= 15 is 0 Å². The topological polar surface area (TPSA) is 278 Å². The molecule has 23 heteroatoms. The van der Waals surface area contributed by atoms with Crippen molar-refractivity contribution in [1.82, 2.24) is 0 Å². The number of rotatable bonds is 32. The van der Waals surface area contributed by atoms with Gasteiger partial charge in [-0.1, -0.05) is 30.4 Å². The molecule has 0 bridgehead atoms. The van der Waals surface area contributed by atoms with Crippen LogP contribution in [0.5, 0.6) is 0 Å². The fraction of sp³-hybridized carbons (Fsp3) is 0.532. The van der Waals surface area contributed by atoms with Gasteiger partial charge in [-0.25, -0.2) is 0 Å². The van der Waals surface area contributed by atoms with Crippen LogP contribution in [0, 0.1) is 0 Å². The van der Waals surface area contributed by atoms with E-state index in [0.29, 0.717) is 92.8 Å². The van der Waals surface area contributed by atoms with Crippen molar-refractivity contribution in [1.29, 1.82) is 0 Å². The highest BCUT2D eigenvalue weighted by Crippen LogP contribution is 2.51. The number of methoxy groups -OCH3 is 1. The Bertz CT molecular complexity index is 2750. The third-order valence-electron chi connectivity index (χ3n) is 12.2. The van der Waals surface area contributed by atoms with Crippen molar-refractivity contribution in [3.05, 3.63) is 95.8 Å². The van der Waals surface area contributed by atoms with E-state index in [1.54, 1.807) is 55.7 Å². The second-order valence-corrected chi connectivity index (χ2v) is 23.5. The predicted molar refractivity (Wildman–Crippen MR) is 265 cm³/mol. The second-order valence-electron chi connectivity index (χ2n) is 17.5. The summed E-state index contributed by atoms with van der Waals surface area (Å²) in [6.07, 6.45) is 15.2. The molecule has 2 aliphatic heterocycles. The number of ether oxygens (including phenoxy) is 4. The van der Waals surface area contributed by atoms with Crippen molar-refractivity contribution < 1.29 is 80.2 Å². The Balaban J connectivity index is 1.68. The SMILES string of the molecule is COCCOCCOCCOCCN1/C(=C/C=C/C=C/C=C/C2=[N+](CCCCCC(C)=O)c3ccc(S(=O)(=O)O)cc3C2(C)CCCS(=O)(=O)O)C(C)(CCCS(=O)(=O)O)c2cc(S(=O)(=O)O)ccc21. The van der Waals surface area contributed by atoms with Crippen LogP contribution in [0.3, 0.4) is 0 Å². The molecule has 390 valence electrons. The molecule has 4 rings (SSSR count). The number of Topliss-reactive ketones (excluding diaryl/α,β-unsaturated/α-hetero) is 1. The molecule has 0 saturated carbocycles. The molecule has 0 aromatic heterocycles. The van der Waals surface area contributed by atoms with Crippen molar-refractivity contribution in [2.75, 3.05) is 82.9 Å². The zero-order valence-corrected chi connectivity index (χ0v) is 43.3. The molecule has 4 N–H and O–H groups in total. The Morgan fingerprint density at radius 3 is 1.74 bits per heavy atom. The van der Waals surface area contributed by atoms with Crippen LogP contribution in [-0.4, -0.2) is 146 Å². The van der Waals surface area contributed by atoms with E-state index in [0.717, 1.165) is 6.42 Å². The molecule has 0 saturated heterocycles. The normalized spacial score (nSPS) is 19.4. The van der Waals surface area contributed by atoms with Crippen LogP contribution in [0.4, 0.5) is 11.4 Å². The molecule has 0 spiro atoms. The molecule has 0 aliphatic carbocycles. The maximum Gasteiger partial charge on any atom is 0.294 e. The minimum atomic E-state index is -4.62. The Morgan fingerprint density at radius 2 is 1.17 bits per heavy atom. The Hall–Kier alpha value is -3.98. The van der Waals surface area contributed by atoms with Gasteiger partial charge in [-0.15, -0.1) is 0 Å². The minimum Gasteiger partial charge on any atom is -0.382 e. The molecule has 2 aromatic rings. The predicted octanol–water partition coefficient (Wildman–Crippen LogP) is 6.05. The van der Waals surface area contributed by atoms with Gasteiger partial charge in [0.25, 0.3) is 40.5 Å². The van der Waals surface area contributed by atoms with Crippen molar-refractivity contribution in [3.63, 3.8) is 0 Å². The fourth-order valence-electron chi connectivity index (χ4n) is 8.75. The van der Waals surface area contributed by atoms with Gasteiger partial charge in [0.05, 0.1) is 73.0 Å². The molecule has 2 aliphatic rings. The lowest BCUT2D eigenvalue weighted by molar-refractivity contribution is -0.438. The number of carbonyl (C=O) groups is 1. The number of anilines is 1. The van der Waals surface area contributed by atoms with Gasteiger partial charge < -0.3 is 28.6 Å². The van der Waals surface area contributed by atoms with Crippen LogP contribution in [-0.2, 0) is 75.0 Å². The molecule has 0 radical (unpaired) electrons. The molecular formula is C47H67N2O17S4+. The van der Waals surface area contributed by atoms with Gasteiger partial charge in [-0.3, -0.25) is 18.2 Å². The molecule has 2 aromatic carbocycles. The summed E-state index contributed by atoms with van der Waals surface area (Å²) in [5, 5.41) is 0. The number of hydrogen-bond donors (Lipinski definition) is 4. The van der Waals surface area contributed by atoms with Crippen LogP contribution >= 0.6 is 0 Å². The van der Waals surface area contributed by atoms with Gasteiger partial charge in [0.2, 0.25) is 5.69 Å². The number of allylic oxidation sites excluding steroid dienone is 8. The molecule has 2 heterocycles. The highest BCUT2D eigenvalue weighted by molar-refractivity contribution is 7.86. The summed E-state index contributed by atoms with van der Waals surface area (Å²) < 4.78 is 159. The zero-order chi connectivity index (χ0) is 51.8. The first-order valence-electron chi connectivity index (χ1n) is 22.8. The molecule has 19 nitrogen and oxygen atoms in total. The van der Waals surface area contributed by atoms with E-state index in [2.05, 4.69) is 0 Å². The Kier molecular flexibility index (Phi) is 21.9. The first-order valence-corrected chi connectivity index (χ1v) is 28.9. The third-order valence-corrected chi connectivity index (χ3v) is 15.5. The van der Waals surface area contributed by atoms with Crippen LogP contribution in [0.1, 0.15) is 83.3 Å². The maximum atomic E-state index is 12.3. The minimum absolute atomic E-state index is 0.0114. The lowest BCUT2D eigenvalue weighted by Gasteiger charge is -2.30. The molecule has 70 heavy (non-hydrogen) atoms. The summed E-state index contributed by atoms with van der Waals surface area (Å²) >= 11 is 0. The van der Waals surface area contributed by atoms with E-state index in [1.165, 1.54) is 31.2 Å². The average molecular weight is 1060 g/mol.